The number of sulfonamides is 1. The van der Waals surface area contributed by atoms with E-state index in [2.05, 4.69) is 4.72 Å². The highest BCUT2D eigenvalue weighted by molar-refractivity contribution is 7.89. The molecule has 27 heavy (non-hydrogen) atoms. The highest BCUT2D eigenvalue weighted by atomic mass is 32.2. The van der Waals surface area contributed by atoms with Gasteiger partial charge in [0.15, 0.2) is 0 Å². The fourth-order valence-electron chi connectivity index (χ4n) is 2.98. The lowest BCUT2D eigenvalue weighted by Gasteiger charge is -2.34. The van der Waals surface area contributed by atoms with Crippen molar-refractivity contribution in [3.8, 4) is 0 Å². The van der Waals surface area contributed by atoms with Crippen molar-refractivity contribution in [1.29, 1.82) is 0 Å². The first-order valence-electron chi connectivity index (χ1n) is 8.39. The fraction of sp³-hybridized carbons (Fsp3) is 0.333. The molecule has 1 heterocycles. The second-order valence-corrected chi connectivity index (χ2v) is 7.88. The summed E-state index contributed by atoms with van der Waals surface area (Å²) in [5, 5.41) is 0. The van der Waals surface area contributed by atoms with Crippen LogP contribution in [0.15, 0.2) is 47.4 Å². The Morgan fingerprint density at radius 3 is 2.30 bits per heavy atom. The second-order valence-electron chi connectivity index (χ2n) is 6.14. The van der Waals surface area contributed by atoms with E-state index < -0.39 is 38.4 Å². The maximum atomic E-state index is 13.9. The van der Waals surface area contributed by atoms with E-state index in [9.17, 15) is 21.6 Å². The van der Waals surface area contributed by atoms with Gasteiger partial charge in [0.25, 0.3) is 0 Å². The molecule has 2 aromatic carbocycles. The monoisotopic (exact) mass is 400 g/mol. The summed E-state index contributed by atoms with van der Waals surface area (Å²) < 4.78 is 73.0. The van der Waals surface area contributed by atoms with Crippen molar-refractivity contribution in [2.24, 2.45) is 0 Å². The van der Waals surface area contributed by atoms with Crippen molar-refractivity contribution in [2.75, 3.05) is 32.8 Å². The van der Waals surface area contributed by atoms with Crippen LogP contribution >= 0.6 is 0 Å². The normalized spacial score (nSPS) is 17.0. The van der Waals surface area contributed by atoms with E-state index in [1.807, 2.05) is 4.90 Å². The minimum atomic E-state index is -4.26. The molecule has 3 rings (SSSR count). The van der Waals surface area contributed by atoms with E-state index in [-0.39, 0.29) is 6.54 Å². The van der Waals surface area contributed by atoms with E-state index >= 15 is 0 Å². The molecule has 0 amide bonds. The number of nitrogens with zero attached hydrogens (tertiary/aromatic N) is 1. The Bertz CT molecular complexity index is 885. The molecule has 0 bridgehead atoms. The third-order valence-corrected chi connectivity index (χ3v) is 5.83. The average Bonchev–Trinajstić information content (AvgIpc) is 2.66. The van der Waals surface area contributed by atoms with Gasteiger partial charge in [0.05, 0.1) is 13.2 Å². The lowest BCUT2D eigenvalue weighted by molar-refractivity contribution is 0.0172. The van der Waals surface area contributed by atoms with Crippen molar-refractivity contribution in [3.05, 3.63) is 65.5 Å². The summed E-state index contributed by atoms with van der Waals surface area (Å²) in [6.07, 6.45) is 0. The third-order valence-electron chi connectivity index (χ3n) is 4.39. The zero-order chi connectivity index (χ0) is 19.4. The number of morpholine rings is 1. The largest absolute Gasteiger partial charge is 0.379 e. The topological polar surface area (TPSA) is 58.6 Å². The molecular formula is C18H19F3N2O3S. The summed E-state index contributed by atoms with van der Waals surface area (Å²) in [5.74, 6) is -2.28. The van der Waals surface area contributed by atoms with Crippen LogP contribution in [0.3, 0.4) is 0 Å². The number of hydrogen-bond acceptors (Lipinski definition) is 4. The molecule has 0 spiro atoms. The molecule has 0 aliphatic carbocycles. The predicted molar refractivity (Wildman–Crippen MR) is 93.1 cm³/mol. The van der Waals surface area contributed by atoms with Crippen LogP contribution in [-0.4, -0.2) is 46.2 Å². The Morgan fingerprint density at radius 1 is 1.00 bits per heavy atom. The summed E-state index contributed by atoms with van der Waals surface area (Å²) in [7, 11) is -4.26. The van der Waals surface area contributed by atoms with Crippen LogP contribution in [0.4, 0.5) is 13.2 Å². The minimum Gasteiger partial charge on any atom is -0.379 e. The van der Waals surface area contributed by atoms with Crippen LogP contribution in [0.5, 0.6) is 0 Å². The zero-order valence-corrected chi connectivity index (χ0v) is 15.2. The number of nitrogens with one attached hydrogen (secondary N) is 1. The van der Waals surface area contributed by atoms with Gasteiger partial charge in [-0.2, -0.15) is 0 Å². The van der Waals surface area contributed by atoms with Gasteiger partial charge in [-0.1, -0.05) is 12.1 Å². The highest BCUT2D eigenvalue weighted by Gasteiger charge is 2.26. The minimum absolute atomic E-state index is 0.0794. The Kier molecular flexibility index (Phi) is 6.15. The first-order valence-corrected chi connectivity index (χ1v) is 9.87. The quantitative estimate of drug-likeness (QED) is 0.809. The molecule has 1 fully saturated rings. The van der Waals surface area contributed by atoms with Gasteiger partial charge in [-0.05, 0) is 35.9 Å². The molecule has 1 aliphatic rings. The van der Waals surface area contributed by atoms with E-state index in [0.29, 0.717) is 37.9 Å². The van der Waals surface area contributed by atoms with Crippen LogP contribution in [-0.2, 0) is 14.8 Å². The maximum absolute atomic E-state index is 13.9. The van der Waals surface area contributed by atoms with Gasteiger partial charge in [0.2, 0.25) is 10.0 Å². The number of benzene rings is 2. The average molecular weight is 400 g/mol. The lowest BCUT2D eigenvalue weighted by atomic mass is 10.0. The number of halogens is 3. The van der Waals surface area contributed by atoms with E-state index in [1.165, 1.54) is 12.1 Å². The van der Waals surface area contributed by atoms with Gasteiger partial charge >= 0.3 is 0 Å². The van der Waals surface area contributed by atoms with Crippen molar-refractivity contribution < 1.29 is 26.3 Å². The smallest absolute Gasteiger partial charge is 0.243 e. The molecule has 2 aromatic rings. The highest BCUT2D eigenvalue weighted by Crippen LogP contribution is 2.23. The molecule has 1 N–H and O–H groups in total. The fourth-order valence-corrected chi connectivity index (χ4v) is 4.11. The summed E-state index contributed by atoms with van der Waals surface area (Å²) in [4.78, 5) is 1.25. The third kappa shape index (κ3) is 4.86. The van der Waals surface area contributed by atoms with E-state index in [4.69, 9.17) is 4.74 Å². The first kappa shape index (κ1) is 19.8. The molecule has 5 nitrogen and oxygen atoms in total. The molecule has 146 valence electrons. The van der Waals surface area contributed by atoms with Crippen molar-refractivity contribution in [2.45, 2.75) is 10.9 Å². The zero-order valence-electron chi connectivity index (χ0n) is 14.4. The van der Waals surface area contributed by atoms with Crippen LogP contribution < -0.4 is 4.72 Å². The number of hydrogen-bond donors (Lipinski definition) is 1. The Balaban J connectivity index is 1.83. The van der Waals surface area contributed by atoms with E-state index in [0.717, 1.165) is 12.1 Å². The number of rotatable bonds is 6. The van der Waals surface area contributed by atoms with Crippen molar-refractivity contribution in [3.63, 3.8) is 0 Å². The molecule has 1 atom stereocenters. The summed E-state index contributed by atoms with van der Waals surface area (Å²) >= 11 is 0. The van der Waals surface area contributed by atoms with Gasteiger partial charge in [-0.25, -0.2) is 26.3 Å². The molecule has 1 aliphatic heterocycles. The molecule has 1 saturated heterocycles. The van der Waals surface area contributed by atoms with Crippen LogP contribution in [0.1, 0.15) is 11.6 Å². The molecule has 0 saturated carbocycles. The molecule has 0 aromatic heterocycles. The van der Waals surface area contributed by atoms with Crippen molar-refractivity contribution >= 4 is 10.0 Å². The summed E-state index contributed by atoms with van der Waals surface area (Å²) in [6.45, 7) is 2.03. The Hall–Kier alpha value is -1.94. The molecule has 0 radical (unpaired) electrons. The molecular weight excluding hydrogens is 381 g/mol. The molecule has 0 unspecified atom stereocenters. The SMILES string of the molecule is O=S(=O)(NC[C@@H](c1ccc(F)cc1)N1CCOCC1)c1cc(F)ccc1F. The van der Waals surface area contributed by atoms with Crippen LogP contribution in [0.2, 0.25) is 0 Å². The van der Waals surface area contributed by atoms with Crippen molar-refractivity contribution in [1.82, 2.24) is 9.62 Å². The second kappa shape index (κ2) is 8.39. The van der Waals surface area contributed by atoms with Gasteiger partial charge in [-0.15, -0.1) is 0 Å². The van der Waals surface area contributed by atoms with Crippen LogP contribution in [0, 0.1) is 17.5 Å². The van der Waals surface area contributed by atoms with Gasteiger partial charge in [0.1, 0.15) is 22.3 Å². The predicted octanol–water partition coefficient (Wildman–Crippen LogP) is 2.46. The Labute approximate surface area is 155 Å². The number of ether oxygens (including phenoxy) is 1. The maximum Gasteiger partial charge on any atom is 0.243 e. The lowest BCUT2D eigenvalue weighted by Crippen LogP contribution is -2.43. The Morgan fingerprint density at radius 2 is 1.63 bits per heavy atom. The standard InChI is InChI=1S/C18H19F3N2O3S/c19-14-3-1-13(2-4-14)17(23-7-9-26-10-8-23)12-22-27(24,25)18-11-15(20)5-6-16(18)21/h1-6,11,17,22H,7-10,12H2/t17-/m0/s1. The van der Waals surface area contributed by atoms with E-state index in [1.54, 1.807) is 12.1 Å². The van der Waals surface area contributed by atoms with Gasteiger partial charge < -0.3 is 4.74 Å². The van der Waals surface area contributed by atoms with Crippen LogP contribution in [0.25, 0.3) is 0 Å². The first-order chi connectivity index (χ1) is 12.9. The van der Waals surface area contributed by atoms with Gasteiger partial charge in [-0.3, -0.25) is 4.90 Å². The summed E-state index contributed by atoms with van der Waals surface area (Å²) in [5.41, 5.74) is 0.709. The molecule has 9 heteroatoms. The summed E-state index contributed by atoms with van der Waals surface area (Å²) in [6, 6.07) is 7.60. The van der Waals surface area contributed by atoms with Gasteiger partial charge in [0, 0.05) is 25.7 Å².